The van der Waals surface area contributed by atoms with Crippen LogP contribution in [0.4, 0.5) is 0 Å². The molecule has 0 saturated carbocycles. The summed E-state index contributed by atoms with van der Waals surface area (Å²) in [6.45, 7) is 9.77. The van der Waals surface area contributed by atoms with Gasteiger partial charge in [0, 0.05) is 53.4 Å². The fourth-order valence-electron chi connectivity index (χ4n) is 2.37. The van der Waals surface area contributed by atoms with E-state index in [1.165, 1.54) is 39.1 Å². The zero-order chi connectivity index (χ0) is 17.1. The molecule has 0 bridgehead atoms. The van der Waals surface area contributed by atoms with Crippen molar-refractivity contribution in [3.05, 3.63) is 0 Å². The summed E-state index contributed by atoms with van der Waals surface area (Å²) >= 11 is 0. The number of unbranched alkanes of at least 4 members (excludes halogenated alkanes) is 1. The van der Waals surface area contributed by atoms with E-state index in [1.807, 2.05) is 6.92 Å². The fraction of sp³-hybridized carbons (Fsp3) is 0.875. The van der Waals surface area contributed by atoms with Gasteiger partial charge in [0.2, 0.25) is 5.91 Å². The van der Waals surface area contributed by atoms with Crippen LogP contribution in [0.25, 0.3) is 0 Å². The number of nitrogens with one attached hydrogen (secondary N) is 2. The van der Waals surface area contributed by atoms with E-state index in [0.29, 0.717) is 0 Å². The largest absolute Gasteiger partial charge is 0.357 e. The molecule has 2 N–H and O–H groups in total. The molecule has 1 saturated heterocycles. The van der Waals surface area contributed by atoms with Gasteiger partial charge < -0.3 is 25.3 Å². The third kappa shape index (κ3) is 8.76. The lowest BCUT2D eigenvalue weighted by atomic mass is 10.2. The van der Waals surface area contributed by atoms with Crippen molar-refractivity contribution in [2.24, 2.45) is 4.99 Å². The summed E-state index contributed by atoms with van der Waals surface area (Å²) in [4.78, 5) is 22.4. The van der Waals surface area contributed by atoms with E-state index in [0.717, 1.165) is 25.5 Å². The van der Waals surface area contributed by atoms with Crippen molar-refractivity contribution in [1.82, 2.24) is 25.3 Å². The minimum Gasteiger partial charge on any atom is -0.357 e. The molecule has 7 heteroatoms. The Labute approximate surface area is 141 Å². The summed E-state index contributed by atoms with van der Waals surface area (Å²) < 4.78 is 0. The molecular formula is C16H34N6O. The second kappa shape index (κ2) is 11.2. The van der Waals surface area contributed by atoms with Crippen LogP contribution in [0.1, 0.15) is 19.8 Å². The molecule has 1 fully saturated rings. The number of carbonyl (C=O) groups excluding carboxylic acids is 1. The van der Waals surface area contributed by atoms with Crippen LogP contribution < -0.4 is 10.6 Å². The highest BCUT2D eigenvalue weighted by Gasteiger charge is 2.12. The van der Waals surface area contributed by atoms with Crippen LogP contribution in [-0.4, -0.2) is 100 Å². The number of aliphatic imine (C=N–C) groups is 1. The Morgan fingerprint density at radius 2 is 1.83 bits per heavy atom. The lowest BCUT2D eigenvalue weighted by molar-refractivity contribution is -0.127. The number of piperazine rings is 1. The van der Waals surface area contributed by atoms with Crippen molar-refractivity contribution < 1.29 is 4.79 Å². The van der Waals surface area contributed by atoms with Crippen LogP contribution in [0.5, 0.6) is 0 Å². The number of likely N-dealkylation sites (N-methyl/N-ethyl adjacent to an activating group) is 2. The molecule has 7 nitrogen and oxygen atoms in total. The molecule has 23 heavy (non-hydrogen) atoms. The van der Waals surface area contributed by atoms with Gasteiger partial charge in [-0.15, -0.1) is 0 Å². The summed E-state index contributed by atoms with van der Waals surface area (Å²) in [7, 11) is 5.68. The van der Waals surface area contributed by atoms with Crippen LogP contribution in [0.15, 0.2) is 4.99 Å². The van der Waals surface area contributed by atoms with Crippen molar-refractivity contribution in [3.63, 3.8) is 0 Å². The first kappa shape index (κ1) is 19.7. The average molecular weight is 326 g/mol. The smallest absolute Gasteiger partial charge is 0.243 e. The predicted octanol–water partition coefficient (Wildman–Crippen LogP) is -0.343. The fourth-order valence-corrected chi connectivity index (χ4v) is 2.37. The van der Waals surface area contributed by atoms with E-state index >= 15 is 0 Å². The highest BCUT2D eigenvalue weighted by atomic mass is 16.2. The Morgan fingerprint density at radius 1 is 1.13 bits per heavy atom. The molecule has 0 radical (unpaired) electrons. The lowest BCUT2D eigenvalue weighted by Crippen LogP contribution is -2.44. The Bertz CT molecular complexity index is 364. The van der Waals surface area contributed by atoms with E-state index in [2.05, 4.69) is 32.5 Å². The Morgan fingerprint density at radius 3 is 2.43 bits per heavy atom. The molecule has 0 atom stereocenters. The van der Waals surface area contributed by atoms with Gasteiger partial charge in [0.25, 0.3) is 0 Å². The van der Waals surface area contributed by atoms with E-state index in [9.17, 15) is 4.79 Å². The minimum atomic E-state index is 0.0114. The van der Waals surface area contributed by atoms with Crippen molar-refractivity contribution >= 4 is 11.9 Å². The molecule has 0 aromatic heterocycles. The average Bonchev–Trinajstić information content (AvgIpc) is 2.53. The topological polar surface area (TPSA) is 63.2 Å². The van der Waals surface area contributed by atoms with Crippen LogP contribution in [0.2, 0.25) is 0 Å². The summed E-state index contributed by atoms with van der Waals surface area (Å²) in [6.07, 6.45) is 2.30. The van der Waals surface area contributed by atoms with Crippen molar-refractivity contribution in [2.45, 2.75) is 19.8 Å². The molecule has 0 spiro atoms. The SMILES string of the molecule is CCNC(=NCC(=O)N(C)C)NCCCCN1CCN(C)CC1. The summed E-state index contributed by atoms with van der Waals surface area (Å²) in [6, 6.07) is 0. The maximum absolute atomic E-state index is 11.6. The van der Waals surface area contributed by atoms with E-state index in [1.54, 1.807) is 19.0 Å². The standard InChI is InChI=1S/C16H34N6O/c1-5-17-16(19-14-15(23)20(2)3)18-8-6-7-9-22-12-10-21(4)11-13-22/h5-14H2,1-4H3,(H2,17,18,19). The second-order valence-electron chi connectivity index (χ2n) is 6.26. The van der Waals surface area contributed by atoms with Crippen molar-refractivity contribution in [3.8, 4) is 0 Å². The number of guanidine groups is 1. The van der Waals surface area contributed by atoms with Gasteiger partial charge >= 0.3 is 0 Å². The third-order valence-electron chi connectivity index (χ3n) is 4.00. The molecule has 0 aromatic carbocycles. The molecule has 0 unspecified atom stereocenters. The molecule has 1 aliphatic heterocycles. The molecule has 1 rings (SSSR count). The van der Waals surface area contributed by atoms with Crippen LogP contribution in [0.3, 0.4) is 0 Å². The van der Waals surface area contributed by atoms with Crippen LogP contribution in [0, 0.1) is 0 Å². The predicted molar refractivity (Wildman–Crippen MR) is 95.8 cm³/mol. The van der Waals surface area contributed by atoms with Crippen LogP contribution >= 0.6 is 0 Å². The van der Waals surface area contributed by atoms with E-state index in [4.69, 9.17) is 0 Å². The van der Waals surface area contributed by atoms with Gasteiger partial charge in [0.15, 0.2) is 5.96 Å². The maximum Gasteiger partial charge on any atom is 0.243 e. The van der Waals surface area contributed by atoms with Gasteiger partial charge in [-0.1, -0.05) is 0 Å². The lowest BCUT2D eigenvalue weighted by Gasteiger charge is -2.32. The second-order valence-corrected chi connectivity index (χ2v) is 6.26. The first-order valence-electron chi connectivity index (χ1n) is 8.66. The number of rotatable bonds is 8. The van der Waals surface area contributed by atoms with Crippen LogP contribution in [-0.2, 0) is 4.79 Å². The van der Waals surface area contributed by atoms with Gasteiger partial charge in [-0.2, -0.15) is 0 Å². The zero-order valence-corrected chi connectivity index (χ0v) is 15.3. The monoisotopic (exact) mass is 326 g/mol. The first-order valence-corrected chi connectivity index (χ1v) is 8.66. The third-order valence-corrected chi connectivity index (χ3v) is 4.00. The zero-order valence-electron chi connectivity index (χ0n) is 15.3. The van der Waals surface area contributed by atoms with E-state index < -0.39 is 0 Å². The first-order chi connectivity index (χ1) is 11.0. The number of carbonyl (C=O) groups is 1. The maximum atomic E-state index is 11.6. The quantitative estimate of drug-likeness (QED) is 0.363. The van der Waals surface area contributed by atoms with Gasteiger partial charge in [0.1, 0.15) is 6.54 Å². The van der Waals surface area contributed by atoms with Crippen molar-refractivity contribution in [1.29, 1.82) is 0 Å². The number of nitrogens with zero attached hydrogens (tertiary/aromatic N) is 4. The van der Waals surface area contributed by atoms with Crippen molar-refractivity contribution in [2.75, 3.05) is 73.5 Å². The normalized spacial score (nSPS) is 17.1. The number of amides is 1. The molecule has 134 valence electrons. The van der Waals surface area contributed by atoms with E-state index in [-0.39, 0.29) is 12.5 Å². The Hall–Kier alpha value is -1.34. The summed E-state index contributed by atoms with van der Waals surface area (Å²) in [5, 5.41) is 6.48. The van der Waals surface area contributed by atoms with Gasteiger partial charge in [-0.25, -0.2) is 4.99 Å². The molecule has 1 heterocycles. The van der Waals surface area contributed by atoms with Gasteiger partial charge in [0.05, 0.1) is 0 Å². The summed E-state index contributed by atoms with van der Waals surface area (Å²) in [5.74, 6) is 0.736. The number of hydrogen-bond acceptors (Lipinski definition) is 4. The van der Waals surface area contributed by atoms with Gasteiger partial charge in [-0.05, 0) is 33.4 Å². The highest BCUT2D eigenvalue weighted by Crippen LogP contribution is 2.01. The summed E-state index contributed by atoms with van der Waals surface area (Å²) in [5.41, 5.74) is 0. The molecular weight excluding hydrogens is 292 g/mol. The highest BCUT2D eigenvalue weighted by molar-refractivity contribution is 5.84. The Kier molecular flexibility index (Phi) is 9.63. The van der Waals surface area contributed by atoms with Gasteiger partial charge in [-0.3, -0.25) is 4.79 Å². The molecule has 1 amide bonds. The molecule has 0 aromatic rings. The minimum absolute atomic E-state index is 0.0114. The Balaban J connectivity index is 2.17. The molecule has 0 aliphatic carbocycles. The molecule has 1 aliphatic rings. The number of hydrogen-bond donors (Lipinski definition) is 2.